The highest BCUT2D eigenvalue weighted by Gasteiger charge is 2.80. The zero-order valence-electron chi connectivity index (χ0n) is 10.7. The topological polar surface area (TPSA) is 233 Å². The molecule has 0 spiro atoms. The van der Waals surface area contributed by atoms with Crippen molar-refractivity contribution in [2.45, 2.75) is 11.2 Å². The lowest BCUT2D eigenvalue weighted by Crippen LogP contribution is -2.56. The van der Waals surface area contributed by atoms with E-state index in [2.05, 4.69) is 4.74 Å². The van der Waals surface area contributed by atoms with E-state index in [0.29, 0.717) is 0 Å². The molecule has 13 nitrogen and oxygen atoms in total. The molecule has 2 atom stereocenters. The number of hydrogen-bond donors (Lipinski definition) is 6. The second-order valence-electron chi connectivity index (χ2n) is 4.43. The maximum Gasteiger partial charge on any atom is 0.348 e. The van der Waals surface area contributed by atoms with Crippen LogP contribution in [0.5, 0.6) is 0 Å². The van der Waals surface area contributed by atoms with Gasteiger partial charge in [0, 0.05) is 0 Å². The lowest BCUT2D eigenvalue weighted by Gasteiger charge is -2.24. The van der Waals surface area contributed by atoms with Gasteiger partial charge in [-0.05, 0) is 0 Å². The molecule has 1 saturated heterocycles. The Balaban J connectivity index is 3.93. The molecular formula is C10H8O13. The van der Waals surface area contributed by atoms with Crippen molar-refractivity contribution in [2.75, 3.05) is 0 Å². The highest BCUT2D eigenvalue weighted by atomic mass is 16.6. The van der Waals surface area contributed by atoms with Gasteiger partial charge in [0.1, 0.15) is 11.8 Å². The molecule has 1 aliphatic rings. The summed E-state index contributed by atoms with van der Waals surface area (Å²) in [6, 6.07) is 0. The Morgan fingerprint density at radius 2 is 0.783 bits per heavy atom. The van der Waals surface area contributed by atoms with Gasteiger partial charge >= 0.3 is 35.8 Å². The van der Waals surface area contributed by atoms with Gasteiger partial charge in [0.05, 0.1) is 0 Å². The molecule has 1 aliphatic heterocycles. The summed E-state index contributed by atoms with van der Waals surface area (Å²) in [5, 5.41) is 54.0. The fraction of sp³-hybridized carbons (Fsp3) is 0.400. The molecule has 1 heterocycles. The summed E-state index contributed by atoms with van der Waals surface area (Å²) in [4.78, 5) is 67.4. The van der Waals surface area contributed by atoms with Gasteiger partial charge in [-0.25, -0.2) is 19.2 Å². The van der Waals surface area contributed by atoms with E-state index in [1.165, 1.54) is 0 Å². The smallest absolute Gasteiger partial charge is 0.348 e. The third-order valence-corrected chi connectivity index (χ3v) is 3.33. The molecule has 0 aromatic carbocycles. The van der Waals surface area contributed by atoms with E-state index in [1.54, 1.807) is 0 Å². The van der Waals surface area contributed by atoms with Crippen molar-refractivity contribution in [1.29, 1.82) is 0 Å². The third-order valence-electron chi connectivity index (χ3n) is 3.33. The van der Waals surface area contributed by atoms with Crippen LogP contribution in [0.3, 0.4) is 0 Å². The Kier molecular flexibility index (Phi) is 4.03. The van der Waals surface area contributed by atoms with E-state index in [1.807, 2.05) is 0 Å². The number of carboxylic acids is 6. The first-order valence-corrected chi connectivity index (χ1v) is 5.46. The summed E-state index contributed by atoms with van der Waals surface area (Å²) in [7, 11) is 0. The Bertz CT molecular complexity index is 549. The highest BCUT2D eigenvalue weighted by molar-refractivity contribution is 6.14. The quantitative estimate of drug-likeness (QED) is 0.270. The minimum atomic E-state index is -3.92. The standard InChI is InChI=1S/C10H8O13/c11-3(12)1-2(4(13)14)10(7(19)20,8(21)22)23-9(1,5(15)16)6(17)18/h1-2H,(H,11,12)(H,13,14)(H,15,16)(H,17,18)(H,19,20)(H,21,22). The van der Waals surface area contributed by atoms with E-state index in [0.717, 1.165) is 0 Å². The van der Waals surface area contributed by atoms with Gasteiger partial charge in [-0.1, -0.05) is 0 Å². The fourth-order valence-corrected chi connectivity index (χ4v) is 2.37. The van der Waals surface area contributed by atoms with Crippen molar-refractivity contribution in [1.82, 2.24) is 0 Å². The second-order valence-corrected chi connectivity index (χ2v) is 4.43. The van der Waals surface area contributed by atoms with Crippen molar-refractivity contribution in [2.24, 2.45) is 11.8 Å². The molecule has 0 radical (unpaired) electrons. The van der Waals surface area contributed by atoms with Gasteiger partial charge < -0.3 is 35.4 Å². The van der Waals surface area contributed by atoms with E-state index in [4.69, 9.17) is 30.6 Å². The van der Waals surface area contributed by atoms with E-state index < -0.39 is 58.9 Å². The lowest BCUT2D eigenvalue weighted by molar-refractivity contribution is -0.208. The molecule has 0 amide bonds. The van der Waals surface area contributed by atoms with Crippen LogP contribution in [0.4, 0.5) is 0 Å². The summed E-state index contributed by atoms with van der Waals surface area (Å²) in [6.45, 7) is 0. The first-order valence-electron chi connectivity index (χ1n) is 5.46. The van der Waals surface area contributed by atoms with Gasteiger partial charge in [0.25, 0.3) is 11.2 Å². The molecule has 0 saturated carbocycles. The van der Waals surface area contributed by atoms with E-state index in [-0.39, 0.29) is 0 Å². The van der Waals surface area contributed by atoms with Gasteiger partial charge in [-0.2, -0.15) is 0 Å². The maximum absolute atomic E-state index is 11.2. The zero-order chi connectivity index (χ0) is 18.3. The van der Waals surface area contributed by atoms with Gasteiger partial charge in [0.15, 0.2) is 0 Å². The van der Waals surface area contributed by atoms with Crippen LogP contribution in [0.2, 0.25) is 0 Å². The molecule has 1 rings (SSSR count). The van der Waals surface area contributed by atoms with Crippen LogP contribution >= 0.6 is 0 Å². The number of carbonyl (C=O) groups is 6. The Labute approximate surface area is 124 Å². The van der Waals surface area contributed by atoms with Crippen molar-refractivity contribution in [3.8, 4) is 0 Å². The Morgan fingerprint density at radius 1 is 0.565 bits per heavy atom. The SMILES string of the molecule is O=C(O)C1C(C(=O)O)C(C(=O)O)(C(=O)O)OC1(C(=O)O)C(=O)O. The largest absolute Gasteiger partial charge is 0.481 e. The fourth-order valence-electron chi connectivity index (χ4n) is 2.37. The van der Waals surface area contributed by atoms with Crippen LogP contribution in [0.1, 0.15) is 0 Å². The average Bonchev–Trinajstić information content (AvgIpc) is 2.72. The summed E-state index contributed by atoms with van der Waals surface area (Å²) in [5.74, 6) is -21.0. The minimum absolute atomic E-state index is 2.37. The molecule has 126 valence electrons. The summed E-state index contributed by atoms with van der Waals surface area (Å²) < 4.78 is 4.17. The summed E-state index contributed by atoms with van der Waals surface area (Å²) >= 11 is 0. The minimum Gasteiger partial charge on any atom is -0.481 e. The normalized spacial score (nSPS) is 24.5. The molecule has 13 heteroatoms. The number of hydrogen-bond acceptors (Lipinski definition) is 7. The van der Waals surface area contributed by atoms with Gasteiger partial charge in [-0.3, -0.25) is 9.59 Å². The lowest BCUT2D eigenvalue weighted by atomic mass is 9.74. The van der Waals surface area contributed by atoms with Gasteiger partial charge in [0.2, 0.25) is 0 Å². The second kappa shape index (κ2) is 5.20. The third kappa shape index (κ3) is 2.05. The van der Waals surface area contributed by atoms with Crippen molar-refractivity contribution >= 4 is 35.8 Å². The monoisotopic (exact) mass is 336 g/mol. The summed E-state index contributed by atoms with van der Waals surface area (Å²) in [6.07, 6.45) is 0. The maximum atomic E-state index is 11.2. The zero-order valence-corrected chi connectivity index (χ0v) is 10.7. The number of ether oxygens (including phenoxy) is 1. The molecule has 23 heavy (non-hydrogen) atoms. The Hall–Kier alpha value is -3.22. The predicted molar refractivity (Wildman–Crippen MR) is 59.3 cm³/mol. The predicted octanol–water partition coefficient (Wildman–Crippen LogP) is -2.77. The van der Waals surface area contributed by atoms with Gasteiger partial charge in [-0.15, -0.1) is 0 Å². The summed E-state index contributed by atoms with van der Waals surface area (Å²) in [5.41, 5.74) is -7.85. The van der Waals surface area contributed by atoms with Crippen molar-refractivity contribution < 1.29 is 64.1 Å². The van der Waals surface area contributed by atoms with Crippen LogP contribution in [0.25, 0.3) is 0 Å². The number of carboxylic acid groups (broad SMARTS) is 6. The molecule has 6 N–H and O–H groups in total. The van der Waals surface area contributed by atoms with Crippen LogP contribution in [-0.2, 0) is 33.5 Å². The number of rotatable bonds is 6. The molecule has 0 aromatic heterocycles. The molecule has 1 fully saturated rings. The number of aliphatic carboxylic acids is 6. The van der Waals surface area contributed by atoms with Crippen molar-refractivity contribution in [3.63, 3.8) is 0 Å². The van der Waals surface area contributed by atoms with Crippen LogP contribution in [0, 0.1) is 11.8 Å². The first-order chi connectivity index (χ1) is 10.4. The van der Waals surface area contributed by atoms with E-state index in [9.17, 15) is 28.8 Å². The van der Waals surface area contributed by atoms with Crippen LogP contribution in [-0.4, -0.2) is 77.7 Å². The highest BCUT2D eigenvalue weighted by Crippen LogP contribution is 2.48. The van der Waals surface area contributed by atoms with Crippen molar-refractivity contribution in [3.05, 3.63) is 0 Å². The molecule has 0 bridgehead atoms. The molecule has 0 aliphatic carbocycles. The molecule has 0 aromatic rings. The first kappa shape index (κ1) is 17.8. The van der Waals surface area contributed by atoms with E-state index >= 15 is 0 Å². The van der Waals surface area contributed by atoms with Crippen LogP contribution < -0.4 is 0 Å². The average molecular weight is 336 g/mol. The Morgan fingerprint density at radius 3 is 0.913 bits per heavy atom. The molecule has 2 unspecified atom stereocenters. The van der Waals surface area contributed by atoms with Crippen LogP contribution in [0.15, 0.2) is 0 Å². The molecular weight excluding hydrogens is 328 g/mol.